The van der Waals surface area contributed by atoms with E-state index in [1.54, 1.807) is 48.6 Å². The van der Waals surface area contributed by atoms with Gasteiger partial charge in [-0.1, -0.05) is 18.2 Å². The van der Waals surface area contributed by atoms with Gasteiger partial charge < -0.3 is 20.9 Å². The highest BCUT2D eigenvalue weighted by Gasteiger charge is 2.04. The Morgan fingerprint density at radius 1 is 0.963 bits per heavy atom. The van der Waals surface area contributed by atoms with Crippen molar-refractivity contribution in [1.82, 2.24) is 0 Å². The Balaban J connectivity index is 1.94. The Morgan fingerprint density at radius 3 is 1.96 bits per heavy atom. The first kappa shape index (κ1) is 20.3. The van der Waals surface area contributed by atoms with Crippen molar-refractivity contribution in [3.05, 3.63) is 59.0 Å². The third-order valence-corrected chi connectivity index (χ3v) is 4.67. The van der Waals surface area contributed by atoms with Crippen molar-refractivity contribution >= 4 is 40.1 Å². The maximum atomic E-state index is 12.1. The second kappa shape index (κ2) is 9.59. The van der Waals surface area contributed by atoms with Crippen LogP contribution in [0.3, 0.4) is 0 Å². The van der Waals surface area contributed by atoms with Crippen LogP contribution in [0.2, 0.25) is 0 Å². The molecule has 1 atom stereocenters. The average molecular weight is 386 g/mol. The van der Waals surface area contributed by atoms with Crippen LogP contribution in [0, 0.1) is 0 Å². The summed E-state index contributed by atoms with van der Waals surface area (Å²) in [5.74, 6) is 0.794. The number of anilines is 2. The maximum Gasteiger partial charge on any atom is 0.168 e. The first-order chi connectivity index (χ1) is 12.9. The summed E-state index contributed by atoms with van der Waals surface area (Å²) >= 11 is 0. The Kier molecular flexibility index (Phi) is 7.19. The van der Waals surface area contributed by atoms with E-state index in [-0.39, 0.29) is 11.5 Å². The van der Waals surface area contributed by atoms with Crippen LogP contribution in [-0.2, 0) is 15.6 Å². The largest absolute Gasteiger partial charge is 0.495 e. The number of ether oxygens (including phenoxy) is 2. The van der Waals surface area contributed by atoms with Crippen LogP contribution in [0.1, 0.15) is 11.1 Å². The molecule has 2 rings (SSSR count). The van der Waals surface area contributed by atoms with E-state index in [1.807, 2.05) is 0 Å². The second-order valence-electron chi connectivity index (χ2n) is 5.63. The van der Waals surface area contributed by atoms with Gasteiger partial charge in [-0.25, -0.2) is 0 Å². The van der Waals surface area contributed by atoms with Gasteiger partial charge in [-0.3, -0.25) is 9.00 Å². The third kappa shape index (κ3) is 6.00. The summed E-state index contributed by atoms with van der Waals surface area (Å²) < 4.78 is 22.2. The minimum atomic E-state index is -1.43. The summed E-state index contributed by atoms with van der Waals surface area (Å²) in [5.41, 5.74) is 14.2. The smallest absolute Gasteiger partial charge is 0.168 e. The van der Waals surface area contributed by atoms with Gasteiger partial charge in [-0.15, -0.1) is 0 Å². The quantitative estimate of drug-likeness (QED) is 0.534. The highest BCUT2D eigenvalue weighted by atomic mass is 32.2. The lowest BCUT2D eigenvalue weighted by Crippen LogP contribution is -2.05. The summed E-state index contributed by atoms with van der Waals surface area (Å²) in [5, 5.41) is 1.47. The number of nitrogens with two attached hydrogens (primary N) is 2. The van der Waals surface area contributed by atoms with Gasteiger partial charge in [0, 0.05) is 5.41 Å². The normalized spacial score (nSPS) is 12.4. The third-order valence-electron chi connectivity index (χ3n) is 3.67. The number of nitrogen functional groups attached to an aromatic ring is 2. The first-order valence-electron chi connectivity index (χ1n) is 8.06. The highest BCUT2D eigenvalue weighted by molar-refractivity contribution is 7.88. The van der Waals surface area contributed by atoms with Crippen LogP contribution >= 0.6 is 0 Å². The molecular weight excluding hydrogens is 364 g/mol. The number of carbonyl (C=O) groups excluding carboxylic acids is 1. The number of carbonyl (C=O) groups is 1. The van der Waals surface area contributed by atoms with Gasteiger partial charge in [-0.05, 0) is 47.5 Å². The summed E-state index contributed by atoms with van der Waals surface area (Å²) in [6.07, 6.45) is 4.68. The van der Waals surface area contributed by atoms with E-state index in [4.69, 9.17) is 20.9 Å². The molecule has 1 unspecified atom stereocenters. The zero-order valence-electron chi connectivity index (χ0n) is 15.2. The SMILES string of the molecule is COc1ccc(/C=C\C(=O)CS(=O)/C=C/c2ccc(OC)c(N)c2)cc1N. The molecule has 0 amide bonds. The van der Waals surface area contributed by atoms with E-state index in [9.17, 15) is 9.00 Å². The van der Waals surface area contributed by atoms with E-state index in [0.29, 0.717) is 22.9 Å². The van der Waals surface area contributed by atoms with E-state index in [0.717, 1.165) is 11.1 Å². The van der Waals surface area contributed by atoms with Gasteiger partial charge >= 0.3 is 0 Å². The Hall–Kier alpha value is -3.06. The molecule has 0 heterocycles. The van der Waals surface area contributed by atoms with Crippen molar-refractivity contribution in [2.45, 2.75) is 0 Å². The second-order valence-corrected chi connectivity index (χ2v) is 6.95. The van der Waals surface area contributed by atoms with Crippen LogP contribution in [0.25, 0.3) is 12.2 Å². The van der Waals surface area contributed by atoms with Crippen LogP contribution in [0.5, 0.6) is 11.5 Å². The Morgan fingerprint density at radius 2 is 1.48 bits per heavy atom. The average Bonchev–Trinajstić information content (AvgIpc) is 2.65. The standard InChI is InChI=1S/C20H22N2O4S/c1-25-19-7-4-14(11-17(19)21)3-6-16(23)13-27(24)10-9-15-5-8-20(26-2)18(22)12-15/h3-12H,13,21-22H2,1-2H3/b6-3-,10-9+. The molecule has 0 fully saturated rings. The summed E-state index contributed by atoms with van der Waals surface area (Å²) in [6.45, 7) is 0. The lowest BCUT2D eigenvalue weighted by molar-refractivity contribution is -0.112. The van der Waals surface area contributed by atoms with E-state index in [1.165, 1.54) is 25.7 Å². The molecule has 4 N–H and O–H groups in total. The van der Waals surface area contributed by atoms with Crippen LogP contribution in [-0.4, -0.2) is 30.0 Å². The van der Waals surface area contributed by atoms with Crippen LogP contribution < -0.4 is 20.9 Å². The molecule has 0 saturated heterocycles. The van der Waals surface area contributed by atoms with Gasteiger partial charge in [0.2, 0.25) is 0 Å². The number of ketones is 1. The highest BCUT2D eigenvalue weighted by Crippen LogP contribution is 2.23. The van der Waals surface area contributed by atoms with Gasteiger partial charge in [-0.2, -0.15) is 0 Å². The van der Waals surface area contributed by atoms with Crippen molar-refractivity contribution in [3.63, 3.8) is 0 Å². The zero-order valence-corrected chi connectivity index (χ0v) is 16.0. The van der Waals surface area contributed by atoms with Crippen molar-refractivity contribution in [2.75, 3.05) is 31.4 Å². The molecule has 0 aromatic heterocycles. The number of rotatable bonds is 8. The molecule has 0 aliphatic heterocycles. The molecule has 0 aliphatic rings. The monoisotopic (exact) mass is 386 g/mol. The predicted octanol–water partition coefficient (Wildman–Crippen LogP) is 2.87. The fraction of sp³-hybridized carbons (Fsp3) is 0.150. The zero-order chi connectivity index (χ0) is 19.8. The van der Waals surface area contributed by atoms with Gasteiger partial charge in [0.1, 0.15) is 11.5 Å². The summed E-state index contributed by atoms with van der Waals surface area (Å²) in [4.78, 5) is 12.0. The van der Waals surface area contributed by atoms with E-state index >= 15 is 0 Å². The van der Waals surface area contributed by atoms with E-state index in [2.05, 4.69) is 0 Å². The van der Waals surface area contributed by atoms with Gasteiger partial charge in [0.15, 0.2) is 5.78 Å². The summed E-state index contributed by atoms with van der Waals surface area (Å²) in [7, 11) is 1.64. The number of hydrogen-bond donors (Lipinski definition) is 2. The topological polar surface area (TPSA) is 105 Å². The molecular formula is C20H22N2O4S. The number of hydrogen-bond acceptors (Lipinski definition) is 6. The van der Waals surface area contributed by atoms with Crippen molar-refractivity contribution in [3.8, 4) is 11.5 Å². The Bertz CT molecular complexity index is 833. The van der Waals surface area contributed by atoms with Crippen molar-refractivity contribution in [2.24, 2.45) is 0 Å². The summed E-state index contributed by atoms with van der Waals surface area (Å²) in [6, 6.07) is 10.4. The lowest BCUT2D eigenvalue weighted by Gasteiger charge is -2.04. The van der Waals surface area contributed by atoms with Crippen molar-refractivity contribution in [1.29, 1.82) is 0 Å². The molecule has 0 bridgehead atoms. The molecule has 0 radical (unpaired) electrons. The van der Waals surface area contributed by atoms with Gasteiger partial charge in [0.05, 0.1) is 42.1 Å². The fourth-order valence-corrected chi connectivity index (χ4v) is 3.07. The molecule has 7 heteroatoms. The Labute approximate surface area is 160 Å². The number of methoxy groups -OCH3 is 2. The molecule has 0 saturated carbocycles. The molecule has 27 heavy (non-hydrogen) atoms. The number of allylic oxidation sites excluding steroid dienone is 1. The minimum Gasteiger partial charge on any atom is -0.495 e. The van der Waals surface area contributed by atoms with E-state index < -0.39 is 10.8 Å². The van der Waals surface area contributed by atoms with Crippen LogP contribution in [0.4, 0.5) is 11.4 Å². The first-order valence-corrected chi connectivity index (χ1v) is 9.44. The number of benzene rings is 2. The van der Waals surface area contributed by atoms with Crippen LogP contribution in [0.15, 0.2) is 47.9 Å². The fourth-order valence-electron chi connectivity index (χ4n) is 2.29. The molecule has 0 aliphatic carbocycles. The molecule has 6 nitrogen and oxygen atoms in total. The van der Waals surface area contributed by atoms with Crippen molar-refractivity contribution < 1.29 is 18.5 Å². The molecule has 0 spiro atoms. The van der Waals surface area contributed by atoms with Gasteiger partial charge in [0.25, 0.3) is 0 Å². The molecule has 2 aromatic carbocycles. The maximum absolute atomic E-state index is 12.1. The molecule has 142 valence electrons. The predicted molar refractivity (Wildman–Crippen MR) is 111 cm³/mol. The lowest BCUT2D eigenvalue weighted by atomic mass is 10.1. The molecule has 2 aromatic rings. The minimum absolute atomic E-state index is 0.107.